The van der Waals surface area contributed by atoms with E-state index in [0.29, 0.717) is 5.15 Å². The highest BCUT2D eigenvalue weighted by Crippen LogP contribution is 2.07. The summed E-state index contributed by atoms with van der Waals surface area (Å²) in [6, 6.07) is 1.76. The van der Waals surface area contributed by atoms with Gasteiger partial charge in [0, 0.05) is 18.8 Å². The van der Waals surface area contributed by atoms with Gasteiger partial charge in [-0.3, -0.25) is 4.90 Å². The molecule has 0 spiro atoms. The van der Waals surface area contributed by atoms with Gasteiger partial charge in [-0.05, 0) is 27.1 Å². The number of hydrogen-bond donors (Lipinski definition) is 1. The minimum atomic E-state index is 0.513. The van der Waals surface area contributed by atoms with Crippen LogP contribution in [0.25, 0.3) is 0 Å². The molecule has 0 atom stereocenters. The molecule has 1 heterocycles. The molecule has 0 radical (unpaired) electrons. The van der Waals surface area contributed by atoms with E-state index in [4.69, 9.17) is 11.6 Å². The fourth-order valence-electron chi connectivity index (χ4n) is 1.28. The number of halogens is 1. The Bertz CT molecular complexity index is 296. The fourth-order valence-corrected chi connectivity index (χ4v) is 1.54. The van der Waals surface area contributed by atoms with Crippen molar-refractivity contribution in [3.63, 3.8) is 0 Å². The molecular weight excluding hydrogens is 212 g/mol. The lowest BCUT2D eigenvalue weighted by atomic mass is 10.4. The van der Waals surface area contributed by atoms with Gasteiger partial charge >= 0.3 is 0 Å². The highest BCUT2D eigenvalue weighted by atomic mass is 35.5. The quantitative estimate of drug-likeness (QED) is 0.767. The molecule has 15 heavy (non-hydrogen) atoms. The Labute approximate surface area is 95.7 Å². The van der Waals surface area contributed by atoms with Gasteiger partial charge in [0.05, 0.1) is 6.54 Å². The number of aryl methyl sites for hydroxylation is 1. The van der Waals surface area contributed by atoms with Gasteiger partial charge in [-0.15, -0.1) is 0 Å². The van der Waals surface area contributed by atoms with Crippen molar-refractivity contribution < 1.29 is 0 Å². The van der Waals surface area contributed by atoms with E-state index in [1.165, 1.54) is 0 Å². The first-order chi connectivity index (χ1) is 7.11. The first-order valence-electron chi connectivity index (χ1n) is 4.95. The molecule has 0 saturated carbocycles. The zero-order chi connectivity index (χ0) is 11.3. The zero-order valence-electron chi connectivity index (χ0n) is 9.42. The van der Waals surface area contributed by atoms with Gasteiger partial charge in [-0.1, -0.05) is 11.6 Å². The van der Waals surface area contributed by atoms with E-state index in [9.17, 15) is 0 Å². The third-order valence-corrected chi connectivity index (χ3v) is 2.22. The van der Waals surface area contributed by atoms with Gasteiger partial charge in [0.2, 0.25) is 0 Å². The van der Waals surface area contributed by atoms with Gasteiger partial charge < -0.3 is 5.32 Å². The maximum absolute atomic E-state index is 5.86. The molecule has 0 saturated heterocycles. The van der Waals surface area contributed by atoms with Crippen molar-refractivity contribution in [2.75, 3.05) is 27.2 Å². The number of rotatable bonds is 5. The molecule has 0 bridgehead atoms. The normalized spacial score (nSPS) is 11.0. The van der Waals surface area contributed by atoms with Crippen LogP contribution in [0.4, 0.5) is 0 Å². The van der Waals surface area contributed by atoms with Crippen LogP contribution in [0, 0.1) is 6.92 Å². The Morgan fingerprint density at radius 3 is 2.80 bits per heavy atom. The smallest absolute Gasteiger partial charge is 0.144 e. The van der Waals surface area contributed by atoms with Crippen molar-refractivity contribution >= 4 is 11.6 Å². The van der Waals surface area contributed by atoms with Gasteiger partial charge in [-0.2, -0.15) is 0 Å². The summed E-state index contributed by atoms with van der Waals surface area (Å²) in [6.45, 7) is 4.56. The predicted octanol–water partition coefficient (Wildman–Crippen LogP) is 1.09. The summed E-state index contributed by atoms with van der Waals surface area (Å²) in [5.41, 5.74) is 0.909. The Hall–Kier alpha value is -0.710. The van der Waals surface area contributed by atoms with E-state index in [0.717, 1.165) is 31.2 Å². The molecule has 0 fully saturated rings. The second-order valence-electron chi connectivity index (χ2n) is 3.59. The third kappa shape index (κ3) is 4.55. The largest absolute Gasteiger partial charge is 0.318 e. The molecule has 5 heteroatoms. The average molecular weight is 229 g/mol. The van der Waals surface area contributed by atoms with Crippen LogP contribution in [-0.4, -0.2) is 42.1 Å². The molecule has 1 rings (SSSR count). The van der Waals surface area contributed by atoms with Crippen LogP contribution in [0.3, 0.4) is 0 Å². The second kappa shape index (κ2) is 6.00. The lowest BCUT2D eigenvalue weighted by molar-refractivity contribution is 0.319. The van der Waals surface area contributed by atoms with Gasteiger partial charge in [0.15, 0.2) is 0 Å². The van der Waals surface area contributed by atoms with E-state index in [-0.39, 0.29) is 0 Å². The standard InChI is InChI=1S/C10H17ClN4/c1-8-6-9(11)14-10(13-8)7-15(3)5-4-12-2/h6,12H,4-5,7H2,1-3H3. The summed E-state index contributed by atoms with van der Waals surface area (Å²) in [6.07, 6.45) is 0. The summed E-state index contributed by atoms with van der Waals surface area (Å²) in [5.74, 6) is 0.776. The Morgan fingerprint density at radius 1 is 1.47 bits per heavy atom. The molecule has 1 aromatic rings. The topological polar surface area (TPSA) is 41.0 Å². The van der Waals surface area contributed by atoms with Crippen LogP contribution in [-0.2, 0) is 6.54 Å². The van der Waals surface area contributed by atoms with Crippen LogP contribution in [0.15, 0.2) is 6.07 Å². The number of hydrogen-bond acceptors (Lipinski definition) is 4. The maximum atomic E-state index is 5.86. The lowest BCUT2D eigenvalue weighted by Crippen LogP contribution is -2.27. The van der Waals surface area contributed by atoms with Gasteiger partial charge in [0.1, 0.15) is 11.0 Å². The molecule has 0 unspecified atom stereocenters. The number of nitrogens with zero attached hydrogens (tertiary/aromatic N) is 3. The average Bonchev–Trinajstić information content (AvgIpc) is 2.13. The zero-order valence-corrected chi connectivity index (χ0v) is 10.2. The van der Waals surface area contributed by atoms with Crippen molar-refractivity contribution in [3.05, 3.63) is 22.7 Å². The number of aromatic nitrogens is 2. The molecular formula is C10H17ClN4. The molecule has 1 aromatic heterocycles. The van der Waals surface area contributed by atoms with Crippen LogP contribution < -0.4 is 5.32 Å². The van der Waals surface area contributed by atoms with E-state index in [2.05, 4.69) is 20.2 Å². The van der Waals surface area contributed by atoms with Crippen LogP contribution in [0.5, 0.6) is 0 Å². The van der Waals surface area contributed by atoms with E-state index < -0.39 is 0 Å². The van der Waals surface area contributed by atoms with E-state index in [1.807, 2.05) is 21.0 Å². The monoisotopic (exact) mass is 228 g/mol. The fraction of sp³-hybridized carbons (Fsp3) is 0.600. The minimum absolute atomic E-state index is 0.513. The van der Waals surface area contributed by atoms with Gasteiger partial charge in [-0.25, -0.2) is 9.97 Å². The highest BCUT2D eigenvalue weighted by molar-refractivity contribution is 6.29. The summed E-state index contributed by atoms with van der Waals surface area (Å²) < 4.78 is 0. The number of likely N-dealkylation sites (N-methyl/N-ethyl adjacent to an activating group) is 2. The summed E-state index contributed by atoms with van der Waals surface area (Å²) in [5, 5.41) is 3.61. The molecule has 0 aromatic carbocycles. The summed E-state index contributed by atoms with van der Waals surface area (Å²) in [7, 11) is 3.98. The summed E-state index contributed by atoms with van der Waals surface area (Å²) >= 11 is 5.86. The van der Waals surface area contributed by atoms with Gasteiger partial charge in [0.25, 0.3) is 0 Å². The first-order valence-corrected chi connectivity index (χ1v) is 5.33. The van der Waals surface area contributed by atoms with Crippen molar-refractivity contribution in [1.82, 2.24) is 20.2 Å². The molecule has 1 N–H and O–H groups in total. The molecule has 0 aliphatic rings. The van der Waals surface area contributed by atoms with Crippen molar-refractivity contribution in [3.8, 4) is 0 Å². The van der Waals surface area contributed by atoms with Crippen molar-refractivity contribution in [2.24, 2.45) is 0 Å². The predicted molar refractivity (Wildman–Crippen MR) is 62.0 cm³/mol. The number of nitrogens with one attached hydrogen (secondary N) is 1. The Morgan fingerprint density at radius 2 is 2.20 bits per heavy atom. The van der Waals surface area contributed by atoms with Crippen molar-refractivity contribution in [2.45, 2.75) is 13.5 Å². The van der Waals surface area contributed by atoms with E-state index >= 15 is 0 Å². The summed E-state index contributed by atoms with van der Waals surface area (Å²) in [4.78, 5) is 10.7. The first kappa shape index (κ1) is 12.4. The SMILES string of the molecule is CNCCN(C)Cc1nc(C)cc(Cl)n1. The van der Waals surface area contributed by atoms with Crippen molar-refractivity contribution in [1.29, 1.82) is 0 Å². The maximum Gasteiger partial charge on any atom is 0.144 e. The molecule has 84 valence electrons. The molecule has 0 aliphatic carbocycles. The highest BCUT2D eigenvalue weighted by Gasteiger charge is 2.04. The van der Waals surface area contributed by atoms with E-state index in [1.54, 1.807) is 6.07 Å². The molecule has 0 aliphatic heterocycles. The third-order valence-electron chi connectivity index (χ3n) is 2.02. The van der Waals surface area contributed by atoms with Crippen LogP contribution >= 0.6 is 11.6 Å². The molecule has 0 amide bonds. The molecule has 4 nitrogen and oxygen atoms in total. The Kier molecular flexibility index (Phi) is 4.94. The second-order valence-corrected chi connectivity index (χ2v) is 3.98. The van der Waals surface area contributed by atoms with Crippen LogP contribution in [0.2, 0.25) is 5.15 Å². The van der Waals surface area contributed by atoms with Crippen LogP contribution in [0.1, 0.15) is 11.5 Å². The minimum Gasteiger partial charge on any atom is -0.318 e. The lowest BCUT2D eigenvalue weighted by Gasteiger charge is -2.15. The Balaban J connectivity index is 2.56.